The van der Waals surface area contributed by atoms with E-state index in [0.717, 1.165) is 6.07 Å². The lowest BCUT2D eigenvalue weighted by Gasteiger charge is -2.27. The largest absolute Gasteiger partial charge is 0.307 e. The maximum Gasteiger partial charge on any atom is 0.296 e. The molecule has 0 saturated carbocycles. The average molecular weight is 510 g/mol. The summed E-state index contributed by atoms with van der Waals surface area (Å²) in [5, 5.41) is 8.23. The Balaban J connectivity index is 1.95. The third-order valence-electron chi connectivity index (χ3n) is 4.90. The van der Waals surface area contributed by atoms with Gasteiger partial charge in [0.15, 0.2) is 0 Å². The molecule has 0 aliphatic heterocycles. The Kier molecular flexibility index (Phi) is 6.76. The third-order valence-corrected chi connectivity index (χ3v) is 6.63. The van der Waals surface area contributed by atoms with Crippen molar-refractivity contribution >= 4 is 48.7 Å². The first-order valence-corrected chi connectivity index (χ1v) is 13.0. The molecule has 4 aromatic carbocycles. The van der Waals surface area contributed by atoms with Crippen LogP contribution in [-0.4, -0.2) is 25.9 Å². The van der Waals surface area contributed by atoms with Gasteiger partial charge in [0.05, 0.1) is 16.3 Å². The Morgan fingerprint density at radius 1 is 0.600 bits per heavy atom. The van der Waals surface area contributed by atoms with Crippen LogP contribution in [-0.2, 0) is 20.2 Å². The number of rotatable bonds is 7. The third kappa shape index (κ3) is 5.61. The Morgan fingerprint density at radius 3 is 1.71 bits per heavy atom. The fourth-order valence-corrected chi connectivity index (χ4v) is 4.61. The number of para-hydroxylation sites is 3. The zero-order valence-corrected chi connectivity index (χ0v) is 19.6. The Labute approximate surface area is 202 Å². The van der Waals surface area contributed by atoms with Crippen molar-refractivity contribution < 1.29 is 25.9 Å². The van der Waals surface area contributed by atoms with Crippen molar-refractivity contribution in [2.24, 2.45) is 10.2 Å². The van der Waals surface area contributed by atoms with Crippen LogP contribution in [0.2, 0.25) is 0 Å². The second-order valence-corrected chi connectivity index (χ2v) is 10.1. The highest BCUT2D eigenvalue weighted by molar-refractivity contribution is 7.86. The van der Waals surface area contributed by atoms with Crippen molar-refractivity contribution in [1.29, 1.82) is 0 Å². The van der Waals surface area contributed by atoms with Gasteiger partial charge in [0, 0.05) is 11.4 Å². The molecule has 0 spiro atoms. The molecular weight excluding hydrogens is 490 g/mol. The number of hydrogen-bond donors (Lipinski definition) is 2. The molecule has 0 aromatic heterocycles. The molecule has 0 aliphatic rings. The normalized spacial score (nSPS) is 12.1. The monoisotopic (exact) mass is 509 g/mol. The minimum absolute atomic E-state index is 0.0436. The van der Waals surface area contributed by atoms with Gasteiger partial charge in [-0.25, -0.2) is 0 Å². The molecule has 0 radical (unpaired) electrons. The quantitative estimate of drug-likeness (QED) is 0.228. The second kappa shape index (κ2) is 9.76. The first kappa shape index (κ1) is 24.2. The van der Waals surface area contributed by atoms with Crippen LogP contribution >= 0.6 is 0 Å². The maximum atomic E-state index is 12.4. The van der Waals surface area contributed by atoms with E-state index in [-0.39, 0.29) is 22.0 Å². The molecule has 9 nitrogen and oxygen atoms in total. The molecule has 0 unspecified atom stereocenters. The summed E-state index contributed by atoms with van der Waals surface area (Å²) < 4.78 is 67.0. The van der Waals surface area contributed by atoms with Crippen LogP contribution < -0.4 is 4.90 Å². The molecular formula is C24H19N3O6S2. The molecule has 0 bridgehead atoms. The summed E-state index contributed by atoms with van der Waals surface area (Å²) >= 11 is 0. The predicted octanol–water partition coefficient (Wildman–Crippen LogP) is 6.07. The molecule has 4 aromatic rings. The second-order valence-electron chi connectivity index (χ2n) is 7.28. The standard InChI is InChI=1S/C24H19N3O6S2/c28-34(29,30)21-14-7-9-18(17-21)25-26-22-15-8-16-23(35(31,32)33)24(22)27(19-10-3-1-4-11-19)20-12-5-2-6-13-20/h1-17H,(H,28,29,30)(H,31,32,33). The van der Waals surface area contributed by atoms with Crippen LogP contribution in [0.15, 0.2) is 123 Å². The topological polar surface area (TPSA) is 137 Å². The highest BCUT2D eigenvalue weighted by Gasteiger charge is 2.25. The summed E-state index contributed by atoms with van der Waals surface area (Å²) in [6.45, 7) is 0. The molecule has 0 fully saturated rings. The summed E-state index contributed by atoms with van der Waals surface area (Å²) in [6.07, 6.45) is 0. The number of anilines is 3. The van der Waals surface area contributed by atoms with E-state index in [2.05, 4.69) is 10.2 Å². The zero-order valence-electron chi connectivity index (χ0n) is 18.0. The first-order valence-electron chi connectivity index (χ1n) is 10.1. The van der Waals surface area contributed by atoms with E-state index in [4.69, 9.17) is 0 Å². The lowest BCUT2D eigenvalue weighted by atomic mass is 10.1. The minimum Gasteiger partial charge on any atom is -0.307 e. The molecule has 0 heterocycles. The zero-order chi connectivity index (χ0) is 25.1. The lowest BCUT2D eigenvalue weighted by Crippen LogP contribution is -2.14. The number of azo groups is 1. The maximum absolute atomic E-state index is 12.4. The van der Waals surface area contributed by atoms with Gasteiger partial charge in [-0.3, -0.25) is 9.11 Å². The molecule has 11 heteroatoms. The Bertz CT molecular complexity index is 1550. The lowest BCUT2D eigenvalue weighted by molar-refractivity contribution is 0.481. The summed E-state index contributed by atoms with van der Waals surface area (Å²) in [4.78, 5) is 0.857. The van der Waals surface area contributed by atoms with Crippen molar-refractivity contribution in [3.63, 3.8) is 0 Å². The molecule has 0 aliphatic carbocycles. The Hall–Kier alpha value is -3.90. The van der Waals surface area contributed by atoms with Gasteiger partial charge >= 0.3 is 0 Å². The summed E-state index contributed by atoms with van der Waals surface area (Å²) in [5.41, 5.74) is 1.43. The molecule has 0 atom stereocenters. The smallest absolute Gasteiger partial charge is 0.296 e. The van der Waals surface area contributed by atoms with Gasteiger partial charge in [-0.05, 0) is 54.6 Å². The van der Waals surface area contributed by atoms with Gasteiger partial charge in [0.25, 0.3) is 20.2 Å². The van der Waals surface area contributed by atoms with E-state index in [1.165, 1.54) is 36.4 Å². The highest BCUT2D eigenvalue weighted by atomic mass is 32.2. The van der Waals surface area contributed by atoms with Crippen LogP contribution in [0.4, 0.5) is 28.4 Å². The van der Waals surface area contributed by atoms with Crippen LogP contribution in [0.25, 0.3) is 0 Å². The van der Waals surface area contributed by atoms with Crippen molar-refractivity contribution in [2.45, 2.75) is 9.79 Å². The van der Waals surface area contributed by atoms with Gasteiger partial charge in [0.1, 0.15) is 10.6 Å². The van der Waals surface area contributed by atoms with Gasteiger partial charge in [0.2, 0.25) is 0 Å². The number of hydrogen-bond acceptors (Lipinski definition) is 7. The fourth-order valence-electron chi connectivity index (χ4n) is 3.40. The van der Waals surface area contributed by atoms with Crippen molar-refractivity contribution in [3.8, 4) is 0 Å². The van der Waals surface area contributed by atoms with E-state index in [1.54, 1.807) is 53.4 Å². The minimum atomic E-state index is -4.68. The molecule has 2 N–H and O–H groups in total. The first-order chi connectivity index (χ1) is 16.6. The van der Waals surface area contributed by atoms with Gasteiger partial charge in [-0.2, -0.15) is 21.9 Å². The molecule has 0 saturated heterocycles. The van der Waals surface area contributed by atoms with Crippen molar-refractivity contribution in [3.05, 3.63) is 103 Å². The van der Waals surface area contributed by atoms with E-state index < -0.39 is 25.1 Å². The molecule has 35 heavy (non-hydrogen) atoms. The average Bonchev–Trinajstić information content (AvgIpc) is 2.84. The summed E-state index contributed by atoms with van der Waals surface area (Å²) in [6, 6.07) is 27.2. The molecule has 4 rings (SSSR count). The number of nitrogens with zero attached hydrogens (tertiary/aromatic N) is 3. The van der Waals surface area contributed by atoms with E-state index in [1.807, 2.05) is 12.1 Å². The van der Waals surface area contributed by atoms with Gasteiger partial charge in [-0.15, -0.1) is 5.11 Å². The van der Waals surface area contributed by atoms with Crippen molar-refractivity contribution in [2.75, 3.05) is 4.90 Å². The molecule has 178 valence electrons. The van der Waals surface area contributed by atoms with Crippen LogP contribution in [0.1, 0.15) is 0 Å². The Morgan fingerprint density at radius 2 is 1.17 bits per heavy atom. The van der Waals surface area contributed by atoms with Crippen LogP contribution in [0.3, 0.4) is 0 Å². The van der Waals surface area contributed by atoms with Gasteiger partial charge in [-0.1, -0.05) is 48.5 Å². The predicted molar refractivity (Wildman–Crippen MR) is 131 cm³/mol. The highest BCUT2D eigenvalue weighted by Crippen LogP contribution is 2.44. The van der Waals surface area contributed by atoms with Crippen LogP contribution in [0, 0.1) is 0 Å². The number of benzene rings is 4. The summed E-state index contributed by atoms with van der Waals surface area (Å²) in [7, 11) is -9.13. The molecule has 0 amide bonds. The SMILES string of the molecule is O=S(=O)(O)c1cccc(N=Nc2cccc(S(=O)(=O)O)c2N(c2ccccc2)c2ccccc2)c1. The van der Waals surface area contributed by atoms with Crippen LogP contribution in [0.5, 0.6) is 0 Å². The fraction of sp³-hybridized carbons (Fsp3) is 0. The van der Waals surface area contributed by atoms with E-state index >= 15 is 0 Å². The van der Waals surface area contributed by atoms with Gasteiger partial charge < -0.3 is 4.90 Å². The van der Waals surface area contributed by atoms with E-state index in [9.17, 15) is 25.9 Å². The summed E-state index contributed by atoms with van der Waals surface area (Å²) in [5.74, 6) is 0. The van der Waals surface area contributed by atoms with E-state index in [0.29, 0.717) is 11.4 Å². The van der Waals surface area contributed by atoms with Crippen molar-refractivity contribution in [1.82, 2.24) is 0 Å².